The van der Waals surface area contributed by atoms with Gasteiger partial charge in [0.2, 0.25) is 17.7 Å². The molecule has 1 saturated carbocycles. The molecule has 1 aliphatic rings. The van der Waals surface area contributed by atoms with Crippen LogP contribution in [0.5, 0.6) is 0 Å². The van der Waals surface area contributed by atoms with E-state index in [1.807, 2.05) is 0 Å². The highest BCUT2D eigenvalue weighted by Gasteiger charge is 2.35. The highest BCUT2D eigenvalue weighted by molar-refractivity contribution is 5.76. The number of nitrogens with zero attached hydrogens (tertiary/aromatic N) is 3. The fourth-order valence-electron chi connectivity index (χ4n) is 2.82. The van der Waals surface area contributed by atoms with Gasteiger partial charge in [0.05, 0.1) is 0 Å². The molecule has 27 heavy (non-hydrogen) atoms. The maximum absolute atomic E-state index is 13.1. The van der Waals surface area contributed by atoms with Crippen LogP contribution in [0.1, 0.15) is 38.0 Å². The highest BCUT2D eigenvalue weighted by Crippen LogP contribution is 2.32. The number of pyridine rings is 1. The topological polar surface area (TPSA) is 90.0 Å². The lowest BCUT2D eigenvalue weighted by Crippen LogP contribution is -2.42. The lowest BCUT2D eigenvalue weighted by Gasteiger charge is -2.28. The summed E-state index contributed by atoms with van der Waals surface area (Å²) < 4.78 is 57.0. The van der Waals surface area contributed by atoms with E-state index < -0.39 is 29.7 Å². The van der Waals surface area contributed by atoms with Crippen molar-refractivity contribution in [3.05, 3.63) is 34.6 Å². The maximum atomic E-state index is 13.1. The van der Waals surface area contributed by atoms with Gasteiger partial charge in [-0.05, 0) is 18.9 Å². The Hall–Kier alpha value is -2.72. The zero-order valence-electron chi connectivity index (χ0n) is 14.0. The summed E-state index contributed by atoms with van der Waals surface area (Å²) in [5.74, 6) is -4.25. The number of amides is 1. The molecule has 1 N–H and O–H groups in total. The molecule has 3 rings (SSSR count). The molecule has 146 valence electrons. The van der Waals surface area contributed by atoms with Crippen molar-refractivity contribution < 1.29 is 26.8 Å². The Morgan fingerprint density at radius 1 is 1.33 bits per heavy atom. The first-order valence-corrected chi connectivity index (χ1v) is 8.23. The molecule has 0 aliphatic heterocycles. The average molecular weight is 388 g/mol. The molecule has 0 spiro atoms. The summed E-state index contributed by atoms with van der Waals surface area (Å²) in [4.78, 5) is 24.2. The van der Waals surface area contributed by atoms with Gasteiger partial charge in [0.1, 0.15) is 6.54 Å². The standard InChI is InChI=1S/C16H16F4N4O3/c17-13(18)15-23-22-14(27-15)9-3-6-24(12(26)7-9)8-11(25)21-10-1-4-16(19,20)5-2-10/h3,6-7,10,13H,1-2,4-5,8H2,(H,21,25). The third kappa shape index (κ3) is 4.72. The van der Waals surface area contributed by atoms with Gasteiger partial charge in [0, 0.05) is 36.7 Å². The minimum atomic E-state index is -2.92. The van der Waals surface area contributed by atoms with E-state index in [2.05, 4.69) is 15.5 Å². The number of alkyl halides is 4. The molecule has 2 aromatic heterocycles. The van der Waals surface area contributed by atoms with E-state index in [9.17, 15) is 27.2 Å². The van der Waals surface area contributed by atoms with E-state index in [-0.39, 0.29) is 49.7 Å². The lowest BCUT2D eigenvalue weighted by molar-refractivity contribution is -0.123. The molecule has 11 heteroatoms. The summed E-state index contributed by atoms with van der Waals surface area (Å²) in [5.41, 5.74) is -0.430. The number of halogens is 4. The van der Waals surface area contributed by atoms with Gasteiger partial charge in [0.25, 0.3) is 11.4 Å². The molecule has 7 nitrogen and oxygen atoms in total. The third-order valence-corrected chi connectivity index (χ3v) is 4.27. The Morgan fingerprint density at radius 3 is 2.63 bits per heavy atom. The van der Waals surface area contributed by atoms with Crippen LogP contribution in [0.3, 0.4) is 0 Å². The quantitative estimate of drug-likeness (QED) is 0.795. The summed E-state index contributed by atoms with van der Waals surface area (Å²) in [5, 5.41) is 9.26. The van der Waals surface area contributed by atoms with Crippen molar-refractivity contribution in [1.29, 1.82) is 0 Å². The molecule has 1 fully saturated rings. The van der Waals surface area contributed by atoms with Gasteiger partial charge in [-0.15, -0.1) is 10.2 Å². The summed E-state index contributed by atoms with van der Waals surface area (Å²) in [7, 11) is 0. The summed E-state index contributed by atoms with van der Waals surface area (Å²) in [6.45, 7) is -0.294. The van der Waals surface area contributed by atoms with E-state index in [1.54, 1.807) is 0 Å². The maximum Gasteiger partial charge on any atom is 0.314 e. The molecule has 0 saturated heterocycles. The normalized spacial score (nSPS) is 17.2. The van der Waals surface area contributed by atoms with Crippen molar-refractivity contribution in [2.45, 2.75) is 50.6 Å². The summed E-state index contributed by atoms with van der Waals surface area (Å²) in [6.07, 6.45) is -1.84. The molecule has 0 atom stereocenters. The first-order valence-electron chi connectivity index (χ1n) is 8.23. The van der Waals surface area contributed by atoms with Crippen LogP contribution >= 0.6 is 0 Å². The molecule has 0 aromatic carbocycles. The van der Waals surface area contributed by atoms with Crippen molar-refractivity contribution in [3.63, 3.8) is 0 Å². The predicted molar refractivity (Wildman–Crippen MR) is 84.3 cm³/mol. The Kier molecular flexibility index (Phi) is 5.29. The van der Waals surface area contributed by atoms with Crippen LogP contribution in [0.2, 0.25) is 0 Å². The minimum Gasteiger partial charge on any atom is -0.415 e. The molecular weight excluding hydrogens is 372 g/mol. The van der Waals surface area contributed by atoms with Gasteiger partial charge < -0.3 is 14.3 Å². The van der Waals surface area contributed by atoms with Crippen molar-refractivity contribution >= 4 is 5.91 Å². The predicted octanol–water partition coefficient (Wildman–Crippen LogP) is 2.53. The van der Waals surface area contributed by atoms with E-state index in [0.717, 1.165) is 10.6 Å². The smallest absolute Gasteiger partial charge is 0.314 e. The van der Waals surface area contributed by atoms with Crippen LogP contribution < -0.4 is 10.9 Å². The number of nitrogens with one attached hydrogen (secondary N) is 1. The number of rotatable bonds is 5. The number of hydrogen-bond acceptors (Lipinski definition) is 5. The third-order valence-electron chi connectivity index (χ3n) is 4.27. The van der Waals surface area contributed by atoms with Crippen LogP contribution in [0.4, 0.5) is 17.6 Å². The molecule has 1 amide bonds. The fraction of sp³-hybridized carbons (Fsp3) is 0.500. The van der Waals surface area contributed by atoms with Crippen molar-refractivity contribution in [2.75, 3.05) is 0 Å². The Morgan fingerprint density at radius 2 is 2.04 bits per heavy atom. The number of carbonyl (C=O) groups is 1. The zero-order valence-corrected chi connectivity index (χ0v) is 14.0. The van der Waals surface area contributed by atoms with Crippen LogP contribution in [-0.4, -0.2) is 32.6 Å². The number of hydrogen-bond donors (Lipinski definition) is 1. The highest BCUT2D eigenvalue weighted by atomic mass is 19.3. The second-order valence-electron chi connectivity index (χ2n) is 6.33. The van der Waals surface area contributed by atoms with Crippen molar-refractivity contribution in [1.82, 2.24) is 20.1 Å². The average Bonchev–Trinajstić information content (AvgIpc) is 3.09. The van der Waals surface area contributed by atoms with Crippen LogP contribution in [0.25, 0.3) is 11.5 Å². The second-order valence-corrected chi connectivity index (χ2v) is 6.33. The SMILES string of the molecule is O=C(Cn1ccc(-c2nnc(C(F)F)o2)cc1=O)NC1CCC(F)(F)CC1. The van der Waals surface area contributed by atoms with E-state index in [0.29, 0.717) is 0 Å². The first kappa shape index (κ1) is 19.1. The Labute approximate surface area is 150 Å². The van der Waals surface area contributed by atoms with Gasteiger partial charge >= 0.3 is 6.43 Å². The second kappa shape index (κ2) is 7.49. The Balaban J connectivity index is 1.62. The molecule has 0 unspecified atom stereocenters. The summed E-state index contributed by atoms with van der Waals surface area (Å²) >= 11 is 0. The molecule has 0 radical (unpaired) electrons. The minimum absolute atomic E-state index is 0.144. The summed E-state index contributed by atoms with van der Waals surface area (Å²) in [6, 6.07) is 2.11. The molecule has 1 aliphatic carbocycles. The Bertz CT molecular complexity index is 871. The van der Waals surface area contributed by atoms with Crippen LogP contribution in [0.15, 0.2) is 27.5 Å². The molecular formula is C16H16F4N4O3. The van der Waals surface area contributed by atoms with Gasteiger partial charge in [-0.2, -0.15) is 8.78 Å². The fourth-order valence-corrected chi connectivity index (χ4v) is 2.82. The molecule has 0 bridgehead atoms. The molecule has 2 aromatic rings. The van der Waals surface area contributed by atoms with Gasteiger partial charge in [-0.1, -0.05) is 0 Å². The van der Waals surface area contributed by atoms with Gasteiger partial charge in [0.15, 0.2) is 0 Å². The number of carbonyl (C=O) groups excluding carboxylic acids is 1. The zero-order chi connectivity index (χ0) is 19.6. The molecule has 2 heterocycles. The monoisotopic (exact) mass is 388 g/mol. The first-order chi connectivity index (χ1) is 12.7. The van der Waals surface area contributed by atoms with Crippen LogP contribution in [-0.2, 0) is 11.3 Å². The van der Waals surface area contributed by atoms with E-state index in [1.165, 1.54) is 12.3 Å². The van der Waals surface area contributed by atoms with Crippen LogP contribution in [0, 0.1) is 0 Å². The lowest BCUT2D eigenvalue weighted by atomic mass is 9.92. The van der Waals surface area contributed by atoms with E-state index in [4.69, 9.17) is 4.42 Å². The van der Waals surface area contributed by atoms with Gasteiger partial charge in [-0.25, -0.2) is 8.78 Å². The van der Waals surface area contributed by atoms with E-state index >= 15 is 0 Å². The van der Waals surface area contributed by atoms with Gasteiger partial charge in [-0.3, -0.25) is 9.59 Å². The largest absolute Gasteiger partial charge is 0.415 e. The van der Waals surface area contributed by atoms with Crippen molar-refractivity contribution in [3.8, 4) is 11.5 Å². The van der Waals surface area contributed by atoms with Crippen molar-refractivity contribution in [2.24, 2.45) is 0 Å². The number of aromatic nitrogens is 3.